The minimum absolute atomic E-state index is 0.731. The van der Waals surface area contributed by atoms with Crippen LogP contribution in [-0.4, -0.2) is 12.3 Å². The SMILES string of the molecule is CC1=NC[C@H](C)[C@@H]1C. The lowest BCUT2D eigenvalue weighted by molar-refractivity contribution is 0.533. The van der Waals surface area contributed by atoms with E-state index < -0.39 is 0 Å². The van der Waals surface area contributed by atoms with Gasteiger partial charge in [-0.15, -0.1) is 0 Å². The zero-order chi connectivity index (χ0) is 6.15. The van der Waals surface area contributed by atoms with Crippen LogP contribution in [0.3, 0.4) is 0 Å². The summed E-state index contributed by atoms with van der Waals surface area (Å²) in [6.45, 7) is 7.67. The molecule has 8 heavy (non-hydrogen) atoms. The van der Waals surface area contributed by atoms with Crippen molar-refractivity contribution in [2.24, 2.45) is 16.8 Å². The van der Waals surface area contributed by atoms with Gasteiger partial charge in [0.2, 0.25) is 0 Å². The van der Waals surface area contributed by atoms with Gasteiger partial charge in [-0.25, -0.2) is 0 Å². The topological polar surface area (TPSA) is 12.4 Å². The van der Waals surface area contributed by atoms with E-state index >= 15 is 0 Å². The van der Waals surface area contributed by atoms with Crippen LogP contribution in [0.4, 0.5) is 0 Å². The summed E-state index contributed by atoms with van der Waals surface area (Å²) in [6.07, 6.45) is 0. The summed E-state index contributed by atoms with van der Waals surface area (Å²) >= 11 is 0. The lowest BCUT2D eigenvalue weighted by Gasteiger charge is -2.06. The van der Waals surface area contributed by atoms with Gasteiger partial charge >= 0.3 is 0 Å². The highest BCUT2D eigenvalue weighted by Crippen LogP contribution is 2.19. The van der Waals surface area contributed by atoms with Crippen LogP contribution in [0.15, 0.2) is 4.99 Å². The molecule has 2 atom stereocenters. The van der Waals surface area contributed by atoms with Crippen LogP contribution in [0, 0.1) is 11.8 Å². The molecule has 46 valence electrons. The fourth-order valence-corrected chi connectivity index (χ4v) is 1.00. The first-order valence-electron chi connectivity index (χ1n) is 3.22. The molecule has 0 aromatic heterocycles. The molecular weight excluding hydrogens is 98.1 g/mol. The van der Waals surface area contributed by atoms with E-state index in [-0.39, 0.29) is 0 Å². The number of aliphatic imine (C=N–C) groups is 1. The molecule has 0 saturated heterocycles. The molecule has 0 aromatic carbocycles. The average Bonchev–Trinajstić information content (AvgIpc) is 1.98. The minimum Gasteiger partial charge on any atom is -0.294 e. The van der Waals surface area contributed by atoms with Crippen molar-refractivity contribution in [2.45, 2.75) is 20.8 Å². The van der Waals surface area contributed by atoms with Gasteiger partial charge in [-0.3, -0.25) is 4.99 Å². The second kappa shape index (κ2) is 1.88. The van der Waals surface area contributed by atoms with Crippen molar-refractivity contribution in [2.75, 3.05) is 6.54 Å². The highest BCUT2D eigenvalue weighted by molar-refractivity contribution is 5.85. The van der Waals surface area contributed by atoms with E-state index in [0.29, 0.717) is 0 Å². The summed E-state index contributed by atoms with van der Waals surface area (Å²) < 4.78 is 0. The molecule has 0 aliphatic carbocycles. The Morgan fingerprint density at radius 2 is 2.12 bits per heavy atom. The maximum atomic E-state index is 4.31. The third-order valence-electron chi connectivity index (χ3n) is 2.14. The molecule has 0 fully saturated rings. The summed E-state index contributed by atoms with van der Waals surface area (Å²) in [5.41, 5.74) is 1.33. The zero-order valence-electron chi connectivity index (χ0n) is 5.81. The van der Waals surface area contributed by atoms with Crippen LogP contribution in [0.5, 0.6) is 0 Å². The van der Waals surface area contributed by atoms with Crippen molar-refractivity contribution in [1.29, 1.82) is 0 Å². The first-order chi connectivity index (χ1) is 3.72. The Balaban J connectivity index is 2.59. The summed E-state index contributed by atoms with van der Waals surface area (Å²) in [5.74, 6) is 1.52. The van der Waals surface area contributed by atoms with Crippen LogP contribution in [0.25, 0.3) is 0 Å². The van der Waals surface area contributed by atoms with Crippen molar-refractivity contribution < 1.29 is 0 Å². The number of nitrogens with zero attached hydrogens (tertiary/aromatic N) is 1. The predicted molar refractivity (Wildman–Crippen MR) is 36.3 cm³/mol. The molecule has 1 heteroatoms. The zero-order valence-corrected chi connectivity index (χ0v) is 5.81. The highest BCUT2D eigenvalue weighted by atomic mass is 14.8. The standard InChI is InChI=1S/C7H13N/c1-5-4-8-7(3)6(5)2/h5-6H,4H2,1-3H3/t5-,6-/m0/s1. The van der Waals surface area contributed by atoms with E-state index in [1.807, 2.05) is 0 Å². The summed E-state index contributed by atoms with van der Waals surface area (Å²) in [6, 6.07) is 0. The Morgan fingerprint density at radius 1 is 1.50 bits per heavy atom. The molecular formula is C7H13N. The Kier molecular flexibility index (Phi) is 1.37. The molecule has 0 radical (unpaired) electrons. The fourth-order valence-electron chi connectivity index (χ4n) is 1.00. The molecule has 0 amide bonds. The number of hydrogen-bond donors (Lipinski definition) is 0. The highest BCUT2D eigenvalue weighted by Gasteiger charge is 2.19. The van der Waals surface area contributed by atoms with Crippen molar-refractivity contribution in [3.63, 3.8) is 0 Å². The average molecular weight is 111 g/mol. The van der Waals surface area contributed by atoms with Gasteiger partial charge in [0.1, 0.15) is 0 Å². The lowest BCUT2D eigenvalue weighted by atomic mass is 9.96. The van der Waals surface area contributed by atoms with E-state index in [2.05, 4.69) is 25.8 Å². The molecule has 0 unspecified atom stereocenters. The summed E-state index contributed by atoms with van der Waals surface area (Å²) in [4.78, 5) is 4.31. The summed E-state index contributed by atoms with van der Waals surface area (Å²) in [5, 5.41) is 0. The fraction of sp³-hybridized carbons (Fsp3) is 0.857. The third kappa shape index (κ3) is 0.770. The Labute approximate surface area is 50.8 Å². The molecule has 1 heterocycles. The molecule has 0 N–H and O–H groups in total. The van der Waals surface area contributed by atoms with Gasteiger partial charge in [0.05, 0.1) is 0 Å². The first-order valence-corrected chi connectivity index (χ1v) is 3.22. The van der Waals surface area contributed by atoms with Crippen molar-refractivity contribution >= 4 is 5.71 Å². The van der Waals surface area contributed by atoms with Crippen molar-refractivity contribution in [3.8, 4) is 0 Å². The Hall–Kier alpha value is -0.330. The molecule has 0 aromatic rings. The van der Waals surface area contributed by atoms with Gasteiger partial charge < -0.3 is 0 Å². The van der Waals surface area contributed by atoms with E-state index in [1.54, 1.807) is 0 Å². The smallest absolute Gasteiger partial charge is 0.0420 e. The molecule has 1 nitrogen and oxygen atoms in total. The number of hydrogen-bond acceptors (Lipinski definition) is 1. The number of rotatable bonds is 0. The molecule has 0 spiro atoms. The molecule has 0 bridgehead atoms. The maximum absolute atomic E-state index is 4.31. The monoisotopic (exact) mass is 111 g/mol. The Bertz CT molecular complexity index is 116. The van der Waals surface area contributed by atoms with Gasteiger partial charge in [-0.1, -0.05) is 13.8 Å². The second-order valence-corrected chi connectivity index (χ2v) is 2.75. The predicted octanol–water partition coefficient (Wildman–Crippen LogP) is 1.73. The van der Waals surface area contributed by atoms with Crippen LogP contribution < -0.4 is 0 Å². The lowest BCUT2D eigenvalue weighted by Crippen LogP contribution is -2.09. The Morgan fingerprint density at radius 3 is 2.25 bits per heavy atom. The largest absolute Gasteiger partial charge is 0.294 e. The van der Waals surface area contributed by atoms with Gasteiger partial charge in [0, 0.05) is 12.3 Å². The second-order valence-electron chi connectivity index (χ2n) is 2.75. The summed E-state index contributed by atoms with van der Waals surface area (Å²) in [7, 11) is 0. The minimum atomic E-state index is 0.731. The van der Waals surface area contributed by atoms with Crippen LogP contribution >= 0.6 is 0 Å². The van der Waals surface area contributed by atoms with Gasteiger partial charge in [-0.05, 0) is 18.8 Å². The van der Waals surface area contributed by atoms with Crippen LogP contribution in [0.1, 0.15) is 20.8 Å². The van der Waals surface area contributed by atoms with Gasteiger partial charge in [0.25, 0.3) is 0 Å². The van der Waals surface area contributed by atoms with Crippen LogP contribution in [0.2, 0.25) is 0 Å². The van der Waals surface area contributed by atoms with E-state index in [1.165, 1.54) is 5.71 Å². The molecule has 1 aliphatic rings. The van der Waals surface area contributed by atoms with Crippen molar-refractivity contribution in [1.82, 2.24) is 0 Å². The third-order valence-corrected chi connectivity index (χ3v) is 2.14. The van der Waals surface area contributed by atoms with E-state index in [9.17, 15) is 0 Å². The van der Waals surface area contributed by atoms with E-state index in [4.69, 9.17) is 0 Å². The normalized spacial score (nSPS) is 37.6. The van der Waals surface area contributed by atoms with Gasteiger partial charge in [0.15, 0.2) is 0 Å². The molecule has 1 aliphatic heterocycles. The van der Waals surface area contributed by atoms with Crippen LogP contribution in [-0.2, 0) is 0 Å². The van der Waals surface area contributed by atoms with E-state index in [0.717, 1.165) is 18.4 Å². The quantitative estimate of drug-likeness (QED) is 0.451. The molecule has 0 saturated carbocycles. The maximum Gasteiger partial charge on any atom is 0.0420 e. The molecule has 1 rings (SSSR count). The first kappa shape index (κ1) is 5.80. The van der Waals surface area contributed by atoms with Crippen molar-refractivity contribution in [3.05, 3.63) is 0 Å². The van der Waals surface area contributed by atoms with Gasteiger partial charge in [-0.2, -0.15) is 0 Å².